The van der Waals surface area contributed by atoms with Crippen molar-refractivity contribution in [3.63, 3.8) is 0 Å². The molecule has 0 saturated carbocycles. The molecule has 1 aromatic rings. The van der Waals surface area contributed by atoms with Crippen molar-refractivity contribution in [1.29, 1.82) is 0 Å². The van der Waals surface area contributed by atoms with E-state index in [0.717, 1.165) is 32.6 Å². The maximum atomic E-state index is 6.17. The third kappa shape index (κ3) is 4.94. The van der Waals surface area contributed by atoms with Gasteiger partial charge in [-0.15, -0.1) is 0 Å². The first kappa shape index (κ1) is 14.5. The molecule has 1 aromatic carbocycles. The number of aryl methyl sites for hydroxylation is 1. The smallest absolute Gasteiger partial charge is 0.0509 e. The Kier molecular flexibility index (Phi) is 5.83. The molecule has 2 rings (SSSR count). The van der Waals surface area contributed by atoms with Crippen LogP contribution in [0.15, 0.2) is 30.3 Å². The van der Waals surface area contributed by atoms with Crippen LogP contribution < -0.4 is 11.1 Å². The number of rotatable bonds is 7. The van der Waals surface area contributed by atoms with E-state index >= 15 is 0 Å². The second-order valence-electron chi connectivity index (χ2n) is 5.60. The summed E-state index contributed by atoms with van der Waals surface area (Å²) in [4.78, 5) is 0. The maximum Gasteiger partial charge on any atom is 0.0509 e. The molecule has 3 atom stereocenters. The minimum atomic E-state index is 0.227. The highest BCUT2D eigenvalue weighted by molar-refractivity contribution is 5.14. The summed E-state index contributed by atoms with van der Waals surface area (Å²) in [6, 6.07) is 11.3. The molecular formula is C16H26N2O. The monoisotopic (exact) mass is 262 g/mol. The molecule has 3 N–H and O–H groups in total. The van der Waals surface area contributed by atoms with Crippen LogP contribution in [0.25, 0.3) is 0 Å². The zero-order valence-electron chi connectivity index (χ0n) is 11.8. The average molecular weight is 262 g/mol. The van der Waals surface area contributed by atoms with Crippen LogP contribution >= 0.6 is 0 Å². The first-order valence-electron chi connectivity index (χ1n) is 7.36. The van der Waals surface area contributed by atoms with E-state index in [4.69, 9.17) is 10.5 Å². The summed E-state index contributed by atoms with van der Waals surface area (Å²) in [5, 5.41) is 3.56. The Morgan fingerprint density at radius 2 is 2.16 bits per heavy atom. The standard InChI is InChI=1S/C16H26N2O/c1-13(15-9-10-19-12-15)18-11-16(17)8-7-14-5-3-2-4-6-14/h2-6,13,15-16,18H,7-12,17H2,1H3. The molecule has 106 valence electrons. The Balaban J connectivity index is 1.62. The summed E-state index contributed by atoms with van der Waals surface area (Å²) in [7, 11) is 0. The Morgan fingerprint density at radius 3 is 2.84 bits per heavy atom. The van der Waals surface area contributed by atoms with Crippen LogP contribution in [-0.4, -0.2) is 31.8 Å². The predicted molar refractivity (Wildman–Crippen MR) is 79.1 cm³/mol. The van der Waals surface area contributed by atoms with Crippen LogP contribution in [0.2, 0.25) is 0 Å². The van der Waals surface area contributed by atoms with Gasteiger partial charge in [-0.3, -0.25) is 0 Å². The minimum absolute atomic E-state index is 0.227. The van der Waals surface area contributed by atoms with Gasteiger partial charge in [0.2, 0.25) is 0 Å². The maximum absolute atomic E-state index is 6.17. The fourth-order valence-electron chi connectivity index (χ4n) is 2.55. The summed E-state index contributed by atoms with van der Waals surface area (Å²) in [5.41, 5.74) is 7.55. The highest BCUT2D eigenvalue weighted by Gasteiger charge is 2.22. The highest BCUT2D eigenvalue weighted by Crippen LogP contribution is 2.16. The average Bonchev–Trinajstić information content (AvgIpc) is 2.98. The van der Waals surface area contributed by atoms with E-state index in [2.05, 4.69) is 42.6 Å². The third-order valence-corrected chi connectivity index (χ3v) is 4.02. The molecule has 1 heterocycles. The van der Waals surface area contributed by atoms with Crippen LogP contribution in [0.1, 0.15) is 25.3 Å². The van der Waals surface area contributed by atoms with E-state index in [0.29, 0.717) is 12.0 Å². The summed E-state index contributed by atoms with van der Waals surface area (Å²) in [6.07, 6.45) is 3.27. The summed E-state index contributed by atoms with van der Waals surface area (Å²) in [6.45, 7) is 4.94. The van der Waals surface area contributed by atoms with Crippen LogP contribution in [0, 0.1) is 5.92 Å². The van der Waals surface area contributed by atoms with Crippen molar-refractivity contribution in [1.82, 2.24) is 5.32 Å². The van der Waals surface area contributed by atoms with Gasteiger partial charge in [0, 0.05) is 25.2 Å². The number of hydrogen-bond acceptors (Lipinski definition) is 3. The molecule has 0 radical (unpaired) electrons. The second-order valence-corrected chi connectivity index (χ2v) is 5.60. The van der Waals surface area contributed by atoms with Gasteiger partial charge in [-0.25, -0.2) is 0 Å². The van der Waals surface area contributed by atoms with E-state index in [1.54, 1.807) is 0 Å². The zero-order chi connectivity index (χ0) is 13.5. The van der Waals surface area contributed by atoms with Gasteiger partial charge in [-0.05, 0) is 37.7 Å². The number of ether oxygens (including phenoxy) is 1. The quantitative estimate of drug-likeness (QED) is 0.789. The molecule has 3 nitrogen and oxygen atoms in total. The summed E-state index contributed by atoms with van der Waals surface area (Å²) < 4.78 is 5.42. The van der Waals surface area contributed by atoms with Gasteiger partial charge in [0.25, 0.3) is 0 Å². The first-order chi connectivity index (χ1) is 9.25. The van der Waals surface area contributed by atoms with Gasteiger partial charge < -0.3 is 15.8 Å². The van der Waals surface area contributed by atoms with Crippen molar-refractivity contribution in [2.24, 2.45) is 11.7 Å². The van der Waals surface area contributed by atoms with Gasteiger partial charge in [-0.2, -0.15) is 0 Å². The molecule has 1 aliphatic rings. The van der Waals surface area contributed by atoms with E-state index in [-0.39, 0.29) is 6.04 Å². The Labute approximate surface area is 116 Å². The van der Waals surface area contributed by atoms with Crippen molar-refractivity contribution < 1.29 is 4.74 Å². The molecular weight excluding hydrogens is 236 g/mol. The van der Waals surface area contributed by atoms with E-state index in [9.17, 15) is 0 Å². The lowest BCUT2D eigenvalue weighted by Gasteiger charge is -2.21. The lowest BCUT2D eigenvalue weighted by molar-refractivity contribution is 0.178. The van der Waals surface area contributed by atoms with Crippen molar-refractivity contribution in [3.8, 4) is 0 Å². The van der Waals surface area contributed by atoms with Crippen LogP contribution in [0.5, 0.6) is 0 Å². The van der Waals surface area contributed by atoms with Crippen LogP contribution in [0.3, 0.4) is 0 Å². The molecule has 0 aliphatic carbocycles. The van der Waals surface area contributed by atoms with Gasteiger partial charge >= 0.3 is 0 Å². The van der Waals surface area contributed by atoms with Crippen molar-refractivity contribution in [3.05, 3.63) is 35.9 Å². The molecule has 1 saturated heterocycles. The van der Waals surface area contributed by atoms with Crippen LogP contribution in [0.4, 0.5) is 0 Å². The predicted octanol–water partition coefficient (Wildman–Crippen LogP) is 1.96. The van der Waals surface area contributed by atoms with Gasteiger partial charge in [0.1, 0.15) is 0 Å². The van der Waals surface area contributed by atoms with Crippen molar-refractivity contribution in [2.75, 3.05) is 19.8 Å². The van der Waals surface area contributed by atoms with Crippen molar-refractivity contribution >= 4 is 0 Å². The normalized spacial score (nSPS) is 22.3. The minimum Gasteiger partial charge on any atom is -0.381 e. The SMILES string of the molecule is CC(NCC(N)CCc1ccccc1)C1CCOC1. The summed E-state index contributed by atoms with van der Waals surface area (Å²) in [5.74, 6) is 0.654. The molecule has 1 fully saturated rings. The summed E-state index contributed by atoms with van der Waals surface area (Å²) >= 11 is 0. The third-order valence-electron chi connectivity index (χ3n) is 4.02. The van der Waals surface area contributed by atoms with Gasteiger partial charge in [-0.1, -0.05) is 30.3 Å². The van der Waals surface area contributed by atoms with Crippen molar-refractivity contribution in [2.45, 2.75) is 38.3 Å². The number of benzene rings is 1. The molecule has 0 bridgehead atoms. The molecule has 0 aromatic heterocycles. The van der Waals surface area contributed by atoms with Crippen LogP contribution in [-0.2, 0) is 11.2 Å². The number of nitrogens with one attached hydrogen (secondary N) is 1. The van der Waals surface area contributed by atoms with E-state index in [1.807, 2.05) is 0 Å². The zero-order valence-corrected chi connectivity index (χ0v) is 11.8. The fraction of sp³-hybridized carbons (Fsp3) is 0.625. The molecule has 3 unspecified atom stereocenters. The van der Waals surface area contributed by atoms with E-state index < -0.39 is 0 Å². The fourth-order valence-corrected chi connectivity index (χ4v) is 2.55. The Morgan fingerprint density at radius 1 is 1.37 bits per heavy atom. The highest BCUT2D eigenvalue weighted by atomic mass is 16.5. The molecule has 19 heavy (non-hydrogen) atoms. The Bertz CT molecular complexity index is 349. The largest absolute Gasteiger partial charge is 0.381 e. The lowest BCUT2D eigenvalue weighted by atomic mass is 10.00. The van der Waals surface area contributed by atoms with Gasteiger partial charge in [0.05, 0.1) is 6.61 Å². The van der Waals surface area contributed by atoms with E-state index in [1.165, 1.54) is 12.0 Å². The van der Waals surface area contributed by atoms with Gasteiger partial charge in [0.15, 0.2) is 0 Å². The molecule has 3 heteroatoms. The topological polar surface area (TPSA) is 47.3 Å². The molecule has 0 amide bonds. The number of hydrogen-bond donors (Lipinski definition) is 2. The number of nitrogens with two attached hydrogens (primary N) is 1. The second kappa shape index (κ2) is 7.63. The Hall–Kier alpha value is -0.900. The molecule has 1 aliphatic heterocycles. The first-order valence-corrected chi connectivity index (χ1v) is 7.36. The lowest BCUT2D eigenvalue weighted by Crippen LogP contribution is -2.42. The molecule has 0 spiro atoms.